The molecular formula is C22H27N5O2. The molecule has 0 aliphatic carbocycles. The van der Waals surface area contributed by atoms with Crippen molar-refractivity contribution in [2.75, 3.05) is 49.5 Å². The molecule has 0 saturated carbocycles. The van der Waals surface area contributed by atoms with E-state index in [9.17, 15) is 9.59 Å². The quantitative estimate of drug-likeness (QED) is 0.791. The minimum absolute atomic E-state index is 0.0898. The molecule has 0 bridgehead atoms. The maximum absolute atomic E-state index is 12.6. The van der Waals surface area contributed by atoms with Crippen molar-refractivity contribution in [3.05, 3.63) is 48.3 Å². The van der Waals surface area contributed by atoms with E-state index in [-0.39, 0.29) is 5.91 Å². The Kier molecular flexibility index (Phi) is 5.93. The van der Waals surface area contributed by atoms with Gasteiger partial charge in [-0.15, -0.1) is 0 Å². The Morgan fingerprint density at radius 1 is 0.862 bits per heavy atom. The lowest BCUT2D eigenvalue weighted by molar-refractivity contribution is -0.119. The molecule has 0 radical (unpaired) electrons. The van der Waals surface area contributed by atoms with Crippen molar-refractivity contribution >= 4 is 29.4 Å². The Bertz CT molecular complexity index is 823. The van der Waals surface area contributed by atoms with Gasteiger partial charge in [0, 0.05) is 50.6 Å². The average Bonchev–Trinajstić information content (AvgIpc) is 2.80. The van der Waals surface area contributed by atoms with Gasteiger partial charge in [0.15, 0.2) is 0 Å². The SMILES string of the molecule is O=CN1CCN(C(=O)c2ccc(Nc3ccc(N4CCCCC4)cc3)cn2)CC1. The van der Waals surface area contributed by atoms with Gasteiger partial charge in [0.2, 0.25) is 6.41 Å². The fourth-order valence-corrected chi connectivity index (χ4v) is 3.86. The Hall–Kier alpha value is -3.09. The summed E-state index contributed by atoms with van der Waals surface area (Å²) in [6.45, 7) is 4.50. The minimum atomic E-state index is -0.0898. The molecule has 2 aliphatic rings. The second-order valence-corrected chi connectivity index (χ2v) is 7.59. The highest BCUT2D eigenvalue weighted by atomic mass is 16.2. The zero-order chi connectivity index (χ0) is 20.1. The van der Waals surface area contributed by atoms with Gasteiger partial charge in [-0.05, 0) is 55.7 Å². The number of nitrogens with zero attached hydrogens (tertiary/aromatic N) is 4. The molecule has 2 aromatic rings. The zero-order valence-corrected chi connectivity index (χ0v) is 16.6. The second kappa shape index (κ2) is 8.94. The molecule has 2 fully saturated rings. The summed E-state index contributed by atoms with van der Waals surface area (Å²) in [5.41, 5.74) is 3.54. The third-order valence-electron chi connectivity index (χ3n) is 5.61. The van der Waals surface area contributed by atoms with E-state index in [1.54, 1.807) is 22.1 Å². The van der Waals surface area contributed by atoms with Gasteiger partial charge in [0.05, 0.1) is 11.9 Å². The molecule has 1 aromatic heterocycles. The summed E-state index contributed by atoms with van der Waals surface area (Å²) in [4.78, 5) is 33.6. The van der Waals surface area contributed by atoms with Crippen LogP contribution in [-0.2, 0) is 4.79 Å². The summed E-state index contributed by atoms with van der Waals surface area (Å²) < 4.78 is 0. The summed E-state index contributed by atoms with van der Waals surface area (Å²) in [6.07, 6.45) is 6.39. The smallest absolute Gasteiger partial charge is 0.272 e. The number of hydrogen-bond acceptors (Lipinski definition) is 5. The topological polar surface area (TPSA) is 68.8 Å². The summed E-state index contributed by atoms with van der Waals surface area (Å²) in [5.74, 6) is -0.0898. The van der Waals surface area contributed by atoms with E-state index in [4.69, 9.17) is 0 Å². The normalized spacial score (nSPS) is 17.2. The van der Waals surface area contributed by atoms with Crippen LogP contribution in [0.3, 0.4) is 0 Å². The van der Waals surface area contributed by atoms with Crippen molar-refractivity contribution < 1.29 is 9.59 Å². The van der Waals surface area contributed by atoms with Gasteiger partial charge in [0.25, 0.3) is 5.91 Å². The lowest BCUT2D eigenvalue weighted by Gasteiger charge is -2.32. The van der Waals surface area contributed by atoms with Crippen LogP contribution in [0.25, 0.3) is 0 Å². The molecular weight excluding hydrogens is 366 g/mol. The lowest BCUT2D eigenvalue weighted by atomic mass is 10.1. The largest absolute Gasteiger partial charge is 0.372 e. The number of rotatable bonds is 5. The van der Waals surface area contributed by atoms with Crippen LogP contribution in [0.15, 0.2) is 42.6 Å². The van der Waals surface area contributed by atoms with E-state index in [2.05, 4.69) is 39.5 Å². The van der Waals surface area contributed by atoms with Crippen LogP contribution in [0.1, 0.15) is 29.8 Å². The Balaban J connectivity index is 1.34. The maximum Gasteiger partial charge on any atom is 0.272 e. The number of piperidine rings is 1. The first-order valence-corrected chi connectivity index (χ1v) is 10.3. The number of carbonyl (C=O) groups is 2. The molecule has 7 nitrogen and oxygen atoms in total. The van der Waals surface area contributed by atoms with Crippen LogP contribution in [0, 0.1) is 0 Å². The number of pyridine rings is 1. The molecule has 2 aliphatic heterocycles. The number of piperazine rings is 1. The third kappa shape index (κ3) is 4.67. The Labute approximate surface area is 171 Å². The number of benzene rings is 1. The van der Waals surface area contributed by atoms with Crippen molar-refractivity contribution in [2.24, 2.45) is 0 Å². The number of anilines is 3. The summed E-state index contributed by atoms with van der Waals surface area (Å²) in [6, 6.07) is 12.1. The molecule has 1 aromatic carbocycles. The molecule has 29 heavy (non-hydrogen) atoms. The van der Waals surface area contributed by atoms with E-state index in [0.29, 0.717) is 31.9 Å². The monoisotopic (exact) mass is 393 g/mol. The fraction of sp³-hybridized carbons (Fsp3) is 0.409. The van der Waals surface area contributed by atoms with Gasteiger partial charge in [-0.2, -0.15) is 0 Å². The summed E-state index contributed by atoms with van der Waals surface area (Å²) in [7, 11) is 0. The molecule has 2 amide bonds. The fourth-order valence-electron chi connectivity index (χ4n) is 3.86. The molecule has 0 unspecified atom stereocenters. The van der Waals surface area contributed by atoms with Gasteiger partial charge in [-0.25, -0.2) is 4.98 Å². The molecule has 2 saturated heterocycles. The first kappa shape index (κ1) is 19.2. The summed E-state index contributed by atoms with van der Waals surface area (Å²) in [5, 5.41) is 3.34. The highest BCUT2D eigenvalue weighted by molar-refractivity contribution is 5.92. The first-order chi connectivity index (χ1) is 14.2. The molecule has 152 valence electrons. The number of amides is 2. The molecule has 4 rings (SSSR count). The highest BCUT2D eigenvalue weighted by Gasteiger charge is 2.22. The Morgan fingerprint density at radius 3 is 2.17 bits per heavy atom. The van der Waals surface area contributed by atoms with Gasteiger partial charge in [0.1, 0.15) is 5.69 Å². The van der Waals surface area contributed by atoms with Crippen molar-refractivity contribution in [1.29, 1.82) is 0 Å². The van der Waals surface area contributed by atoms with Crippen LogP contribution in [0.4, 0.5) is 17.1 Å². The van der Waals surface area contributed by atoms with Gasteiger partial charge in [-0.1, -0.05) is 0 Å². The molecule has 0 spiro atoms. The predicted octanol–water partition coefficient (Wildman–Crippen LogP) is 2.73. The predicted molar refractivity (Wildman–Crippen MR) is 114 cm³/mol. The van der Waals surface area contributed by atoms with Crippen LogP contribution in [0.2, 0.25) is 0 Å². The summed E-state index contributed by atoms with van der Waals surface area (Å²) >= 11 is 0. The number of aromatic nitrogens is 1. The standard InChI is InChI=1S/C22H27N5O2/c28-17-25-12-14-27(15-13-25)22(29)21-9-6-19(16-23-21)24-18-4-7-20(8-5-18)26-10-2-1-3-11-26/h4-9,16-17,24H,1-3,10-15H2. The van der Waals surface area contributed by atoms with Crippen LogP contribution < -0.4 is 10.2 Å². The average molecular weight is 393 g/mol. The molecule has 0 atom stereocenters. The van der Waals surface area contributed by atoms with Crippen molar-refractivity contribution in [1.82, 2.24) is 14.8 Å². The number of hydrogen-bond donors (Lipinski definition) is 1. The van der Waals surface area contributed by atoms with Gasteiger partial charge < -0.3 is 20.0 Å². The zero-order valence-electron chi connectivity index (χ0n) is 16.6. The van der Waals surface area contributed by atoms with Crippen LogP contribution in [-0.4, -0.2) is 66.4 Å². The van der Waals surface area contributed by atoms with Gasteiger partial charge in [-0.3, -0.25) is 9.59 Å². The number of nitrogens with one attached hydrogen (secondary N) is 1. The van der Waals surface area contributed by atoms with E-state index < -0.39 is 0 Å². The van der Waals surface area contributed by atoms with E-state index in [1.165, 1.54) is 24.9 Å². The first-order valence-electron chi connectivity index (χ1n) is 10.3. The Morgan fingerprint density at radius 2 is 1.55 bits per heavy atom. The second-order valence-electron chi connectivity index (χ2n) is 7.59. The van der Waals surface area contributed by atoms with E-state index in [0.717, 1.165) is 30.9 Å². The van der Waals surface area contributed by atoms with Gasteiger partial charge >= 0.3 is 0 Å². The van der Waals surface area contributed by atoms with E-state index in [1.807, 2.05) is 6.07 Å². The maximum atomic E-state index is 12.6. The van der Waals surface area contributed by atoms with Crippen molar-refractivity contribution in [3.63, 3.8) is 0 Å². The third-order valence-corrected chi connectivity index (χ3v) is 5.61. The minimum Gasteiger partial charge on any atom is -0.372 e. The van der Waals surface area contributed by atoms with Crippen LogP contribution in [0.5, 0.6) is 0 Å². The lowest BCUT2D eigenvalue weighted by Crippen LogP contribution is -2.48. The van der Waals surface area contributed by atoms with Crippen molar-refractivity contribution in [2.45, 2.75) is 19.3 Å². The molecule has 7 heteroatoms. The molecule has 1 N–H and O–H groups in total. The van der Waals surface area contributed by atoms with E-state index >= 15 is 0 Å². The van der Waals surface area contributed by atoms with Crippen LogP contribution >= 0.6 is 0 Å². The molecule has 3 heterocycles. The number of carbonyl (C=O) groups excluding carboxylic acids is 2. The van der Waals surface area contributed by atoms with Crippen molar-refractivity contribution in [3.8, 4) is 0 Å². The highest BCUT2D eigenvalue weighted by Crippen LogP contribution is 2.23.